The molecular weight excluding hydrogens is 206 g/mol. The predicted octanol–water partition coefficient (Wildman–Crippen LogP) is -1.08. The van der Waals surface area contributed by atoms with Crippen molar-refractivity contribution in [2.45, 2.75) is 26.0 Å². The van der Waals surface area contributed by atoms with Crippen LogP contribution >= 0.6 is 0 Å². The second-order valence-corrected chi connectivity index (χ2v) is 6.07. The van der Waals surface area contributed by atoms with Gasteiger partial charge >= 0.3 is 0 Å². The fraction of sp³-hybridized carbons (Fsp3) is 0.875. The van der Waals surface area contributed by atoms with Crippen LogP contribution in [-0.2, 0) is 14.6 Å². The highest BCUT2D eigenvalue weighted by Gasteiger charge is 2.37. The molecule has 14 heavy (non-hydrogen) atoms. The van der Waals surface area contributed by atoms with Gasteiger partial charge in [-0.1, -0.05) is 13.8 Å². The minimum Gasteiger partial charge on any atom is -0.390 e. The van der Waals surface area contributed by atoms with Crippen molar-refractivity contribution < 1.29 is 18.3 Å². The summed E-state index contributed by atoms with van der Waals surface area (Å²) in [5.41, 5.74) is 0. The molecule has 1 aliphatic rings. The molecule has 1 amide bonds. The molecule has 2 atom stereocenters. The van der Waals surface area contributed by atoms with Crippen LogP contribution in [-0.4, -0.2) is 43.1 Å². The quantitative estimate of drug-likeness (QED) is 0.621. The fourth-order valence-electron chi connectivity index (χ4n) is 1.32. The Kier molecular flexibility index (Phi) is 3.16. The van der Waals surface area contributed by atoms with Gasteiger partial charge in [0.05, 0.1) is 23.7 Å². The molecule has 6 heteroatoms. The third-order valence-electron chi connectivity index (χ3n) is 2.17. The fourth-order valence-corrected chi connectivity index (χ4v) is 3.06. The number of hydrogen-bond acceptors (Lipinski definition) is 4. The normalized spacial score (nSPS) is 30.6. The predicted molar refractivity (Wildman–Crippen MR) is 51.4 cm³/mol. The van der Waals surface area contributed by atoms with Crippen LogP contribution in [0.25, 0.3) is 0 Å². The number of hydrogen-bond donors (Lipinski definition) is 2. The molecule has 0 saturated carbocycles. The highest BCUT2D eigenvalue weighted by Crippen LogP contribution is 2.12. The molecule has 0 aliphatic carbocycles. The number of rotatable bonds is 2. The Hall–Kier alpha value is -0.620. The van der Waals surface area contributed by atoms with Crippen LogP contribution in [0.4, 0.5) is 0 Å². The van der Waals surface area contributed by atoms with Crippen molar-refractivity contribution in [1.29, 1.82) is 0 Å². The average molecular weight is 221 g/mol. The molecule has 1 heterocycles. The molecule has 82 valence electrons. The van der Waals surface area contributed by atoms with Gasteiger partial charge in [0.25, 0.3) is 0 Å². The third kappa shape index (κ3) is 2.68. The number of aliphatic hydroxyl groups excluding tert-OH is 1. The van der Waals surface area contributed by atoms with Crippen molar-refractivity contribution in [3.05, 3.63) is 0 Å². The van der Waals surface area contributed by atoms with Crippen LogP contribution in [0.15, 0.2) is 0 Å². The second kappa shape index (κ2) is 3.86. The smallest absolute Gasteiger partial charge is 0.222 e. The van der Waals surface area contributed by atoms with E-state index in [1.807, 2.05) is 0 Å². The lowest BCUT2D eigenvalue weighted by Crippen LogP contribution is -2.44. The molecule has 1 rings (SSSR count). The third-order valence-corrected chi connectivity index (χ3v) is 3.89. The van der Waals surface area contributed by atoms with Crippen LogP contribution in [0.5, 0.6) is 0 Å². The first-order valence-electron chi connectivity index (χ1n) is 4.50. The highest BCUT2D eigenvalue weighted by atomic mass is 32.2. The van der Waals surface area contributed by atoms with Crippen LogP contribution in [0.3, 0.4) is 0 Å². The van der Waals surface area contributed by atoms with E-state index in [1.165, 1.54) is 0 Å². The number of aliphatic hydroxyl groups is 1. The average Bonchev–Trinajstić information content (AvgIpc) is 2.24. The molecule has 1 aliphatic heterocycles. The Labute approximate surface area is 83.4 Å². The summed E-state index contributed by atoms with van der Waals surface area (Å²) in [4.78, 5) is 11.2. The summed E-state index contributed by atoms with van der Waals surface area (Å²) < 4.78 is 22.2. The van der Waals surface area contributed by atoms with Crippen LogP contribution < -0.4 is 5.32 Å². The van der Waals surface area contributed by atoms with Crippen molar-refractivity contribution in [3.8, 4) is 0 Å². The van der Waals surface area contributed by atoms with E-state index in [-0.39, 0.29) is 23.3 Å². The lowest BCUT2D eigenvalue weighted by atomic mass is 10.1. The largest absolute Gasteiger partial charge is 0.390 e. The monoisotopic (exact) mass is 221 g/mol. The van der Waals surface area contributed by atoms with Crippen molar-refractivity contribution in [1.82, 2.24) is 5.32 Å². The molecule has 0 spiro atoms. The van der Waals surface area contributed by atoms with Crippen molar-refractivity contribution in [2.75, 3.05) is 11.5 Å². The first kappa shape index (κ1) is 11.5. The van der Waals surface area contributed by atoms with Gasteiger partial charge in [0, 0.05) is 5.92 Å². The molecule has 0 aromatic heterocycles. The topological polar surface area (TPSA) is 83.5 Å². The van der Waals surface area contributed by atoms with E-state index < -0.39 is 22.0 Å². The minimum atomic E-state index is -3.18. The van der Waals surface area contributed by atoms with Gasteiger partial charge in [-0.25, -0.2) is 8.42 Å². The first-order chi connectivity index (χ1) is 6.32. The maximum Gasteiger partial charge on any atom is 0.222 e. The number of carbonyl (C=O) groups is 1. The summed E-state index contributed by atoms with van der Waals surface area (Å²) in [6.07, 6.45) is -0.970. The summed E-state index contributed by atoms with van der Waals surface area (Å²) in [6, 6.07) is -0.644. The molecular formula is C8H15NO4S. The van der Waals surface area contributed by atoms with E-state index in [0.717, 1.165) is 0 Å². The van der Waals surface area contributed by atoms with E-state index in [9.17, 15) is 18.3 Å². The summed E-state index contributed by atoms with van der Waals surface area (Å²) in [7, 11) is -3.18. The zero-order valence-corrected chi connectivity index (χ0v) is 9.04. The summed E-state index contributed by atoms with van der Waals surface area (Å²) >= 11 is 0. The van der Waals surface area contributed by atoms with Crippen molar-refractivity contribution in [3.63, 3.8) is 0 Å². The lowest BCUT2D eigenvalue weighted by Gasteiger charge is -2.16. The maximum absolute atomic E-state index is 11.2. The van der Waals surface area contributed by atoms with E-state index in [1.54, 1.807) is 13.8 Å². The number of carbonyl (C=O) groups excluding carboxylic acids is 1. The van der Waals surface area contributed by atoms with Gasteiger partial charge in [-0.2, -0.15) is 0 Å². The van der Waals surface area contributed by atoms with Gasteiger partial charge in [0.1, 0.15) is 0 Å². The second-order valence-electron chi connectivity index (χ2n) is 3.91. The molecule has 0 unspecified atom stereocenters. The van der Waals surface area contributed by atoms with Crippen LogP contribution in [0.2, 0.25) is 0 Å². The van der Waals surface area contributed by atoms with Gasteiger partial charge in [0.15, 0.2) is 9.84 Å². The molecule has 2 N–H and O–H groups in total. The Morgan fingerprint density at radius 2 is 2.00 bits per heavy atom. The minimum absolute atomic E-state index is 0.160. The zero-order chi connectivity index (χ0) is 10.9. The Bertz CT molecular complexity index is 322. The van der Waals surface area contributed by atoms with E-state index in [4.69, 9.17) is 0 Å². The summed E-state index contributed by atoms with van der Waals surface area (Å²) in [5.74, 6) is -0.848. The van der Waals surface area contributed by atoms with E-state index in [0.29, 0.717) is 0 Å². The molecule has 0 aromatic carbocycles. The Morgan fingerprint density at radius 3 is 2.36 bits per heavy atom. The van der Waals surface area contributed by atoms with E-state index >= 15 is 0 Å². The van der Waals surface area contributed by atoms with Crippen LogP contribution in [0.1, 0.15) is 13.8 Å². The van der Waals surface area contributed by atoms with Gasteiger partial charge in [0.2, 0.25) is 5.91 Å². The van der Waals surface area contributed by atoms with E-state index in [2.05, 4.69) is 5.32 Å². The molecule has 0 aromatic rings. The van der Waals surface area contributed by atoms with Crippen molar-refractivity contribution >= 4 is 15.7 Å². The number of sulfone groups is 1. The molecule has 0 radical (unpaired) electrons. The van der Waals surface area contributed by atoms with Gasteiger partial charge in [-0.3, -0.25) is 4.79 Å². The SMILES string of the molecule is CC(C)C(=O)N[C@@H]1CS(=O)(=O)C[C@H]1O. The molecule has 1 saturated heterocycles. The standard InChI is InChI=1S/C8H15NO4S/c1-5(2)8(11)9-6-3-14(12,13)4-7(6)10/h5-7,10H,3-4H2,1-2H3,(H,9,11)/t6-,7-/m1/s1. The number of nitrogens with one attached hydrogen (secondary N) is 1. The zero-order valence-electron chi connectivity index (χ0n) is 8.23. The van der Waals surface area contributed by atoms with Gasteiger partial charge in [-0.05, 0) is 0 Å². The highest BCUT2D eigenvalue weighted by molar-refractivity contribution is 7.91. The van der Waals surface area contributed by atoms with Crippen molar-refractivity contribution in [2.24, 2.45) is 5.92 Å². The first-order valence-corrected chi connectivity index (χ1v) is 6.33. The maximum atomic E-state index is 11.2. The van der Waals surface area contributed by atoms with Gasteiger partial charge in [-0.15, -0.1) is 0 Å². The summed E-state index contributed by atoms with van der Waals surface area (Å²) in [5, 5.41) is 11.9. The lowest BCUT2D eigenvalue weighted by molar-refractivity contribution is -0.125. The molecule has 5 nitrogen and oxygen atoms in total. The Balaban J connectivity index is 2.60. The molecule has 1 fully saturated rings. The van der Waals surface area contributed by atoms with Gasteiger partial charge < -0.3 is 10.4 Å². The summed E-state index contributed by atoms with van der Waals surface area (Å²) in [6.45, 7) is 3.43. The van der Waals surface area contributed by atoms with Crippen LogP contribution in [0, 0.1) is 5.92 Å². The Morgan fingerprint density at radius 1 is 1.43 bits per heavy atom. The number of amides is 1. The molecule has 0 bridgehead atoms.